The molecule has 6 nitrogen and oxygen atoms in total. The van der Waals surface area contributed by atoms with E-state index in [4.69, 9.17) is 11.6 Å². The molecule has 0 saturated heterocycles. The molecule has 0 aliphatic heterocycles. The standard InChI is InChI=1S/C13H17ClN2O4S/c1-9(17)15-12(6-7-21(2,19)20)13(18)16-11-5-3-4-10(14)8-11/h3-5,8,12H,6-7H2,1-2H3,(H,15,17)(H,16,18)/t12-/m0/s1. The molecular formula is C13H17ClN2O4S. The molecule has 1 rings (SSSR count). The molecule has 0 aliphatic carbocycles. The van der Waals surface area contributed by atoms with Crippen LogP contribution in [-0.4, -0.2) is 38.3 Å². The Morgan fingerprint density at radius 1 is 1.33 bits per heavy atom. The van der Waals surface area contributed by atoms with Crippen molar-refractivity contribution in [2.75, 3.05) is 17.3 Å². The van der Waals surface area contributed by atoms with E-state index in [0.717, 1.165) is 6.26 Å². The topological polar surface area (TPSA) is 92.3 Å². The minimum Gasteiger partial charge on any atom is -0.345 e. The lowest BCUT2D eigenvalue weighted by molar-refractivity contribution is -0.125. The number of nitrogens with one attached hydrogen (secondary N) is 2. The van der Waals surface area contributed by atoms with Crippen LogP contribution >= 0.6 is 11.6 Å². The lowest BCUT2D eigenvalue weighted by Gasteiger charge is -2.17. The van der Waals surface area contributed by atoms with Crippen molar-refractivity contribution in [1.82, 2.24) is 5.32 Å². The predicted octanol–water partition coefficient (Wildman–Crippen LogP) is 1.22. The largest absolute Gasteiger partial charge is 0.345 e. The van der Waals surface area contributed by atoms with E-state index in [1.165, 1.54) is 6.92 Å². The van der Waals surface area contributed by atoms with Gasteiger partial charge in [-0.05, 0) is 24.6 Å². The normalized spacial score (nSPS) is 12.5. The first kappa shape index (κ1) is 17.5. The van der Waals surface area contributed by atoms with Gasteiger partial charge in [0.1, 0.15) is 15.9 Å². The molecule has 1 aromatic carbocycles. The van der Waals surface area contributed by atoms with Crippen molar-refractivity contribution >= 4 is 38.9 Å². The number of anilines is 1. The Bertz CT molecular complexity index is 631. The Hall–Kier alpha value is -1.60. The van der Waals surface area contributed by atoms with Crippen LogP contribution in [-0.2, 0) is 19.4 Å². The number of hydrogen-bond donors (Lipinski definition) is 2. The maximum Gasteiger partial charge on any atom is 0.246 e. The molecule has 8 heteroatoms. The second kappa shape index (κ2) is 7.42. The molecule has 1 atom stereocenters. The van der Waals surface area contributed by atoms with Crippen LogP contribution in [0.1, 0.15) is 13.3 Å². The first-order valence-electron chi connectivity index (χ1n) is 6.18. The molecule has 0 aromatic heterocycles. The van der Waals surface area contributed by atoms with Crippen molar-refractivity contribution in [3.63, 3.8) is 0 Å². The maximum atomic E-state index is 12.1. The SMILES string of the molecule is CC(=O)N[C@@H](CCS(C)(=O)=O)C(=O)Nc1cccc(Cl)c1. The number of benzene rings is 1. The van der Waals surface area contributed by atoms with Crippen molar-refractivity contribution in [1.29, 1.82) is 0 Å². The van der Waals surface area contributed by atoms with Crippen LogP contribution in [0.2, 0.25) is 5.02 Å². The Morgan fingerprint density at radius 2 is 2.00 bits per heavy atom. The van der Waals surface area contributed by atoms with Gasteiger partial charge in [-0.1, -0.05) is 17.7 Å². The van der Waals surface area contributed by atoms with E-state index in [1.54, 1.807) is 24.3 Å². The molecule has 0 saturated carbocycles. The van der Waals surface area contributed by atoms with Gasteiger partial charge in [0.15, 0.2) is 0 Å². The molecule has 0 heterocycles. The highest BCUT2D eigenvalue weighted by atomic mass is 35.5. The highest BCUT2D eigenvalue weighted by Gasteiger charge is 2.21. The number of rotatable bonds is 6. The van der Waals surface area contributed by atoms with Crippen LogP contribution in [0.5, 0.6) is 0 Å². The van der Waals surface area contributed by atoms with Crippen LogP contribution < -0.4 is 10.6 Å². The third-order valence-corrected chi connectivity index (χ3v) is 3.78. The fourth-order valence-electron chi connectivity index (χ4n) is 1.64. The van der Waals surface area contributed by atoms with E-state index in [0.29, 0.717) is 10.7 Å². The minimum atomic E-state index is -3.22. The summed E-state index contributed by atoms with van der Waals surface area (Å²) in [6.07, 6.45) is 1.08. The van der Waals surface area contributed by atoms with E-state index in [1.807, 2.05) is 0 Å². The van der Waals surface area contributed by atoms with Gasteiger partial charge in [-0.15, -0.1) is 0 Å². The molecule has 116 valence electrons. The number of amides is 2. The first-order valence-corrected chi connectivity index (χ1v) is 8.62. The third-order valence-electron chi connectivity index (χ3n) is 2.56. The lowest BCUT2D eigenvalue weighted by atomic mass is 10.2. The molecule has 2 amide bonds. The van der Waals surface area contributed by atoms with Gasteiger partial charge in [0, 0.05) is 23.9 Å². The van der Waals surface area contributed by atoms with Crippen LogP contribution in [0.3, 0.4) is 0 Å². The van der Waals surface area contributed by atoms with Crippen LogP contribution in [0.15, 0.2) is 24.3 Å². The van der Waals surface area contributed by atoms with Crippen LogP contribution in [0.4, 0.5) is 5.69 Å². The summed E-state index contributed by atoms with van der Waals surface area (Å²) in [6, 6.07) is 5.61. The maximum absolute atomic E-state index is 12.1. The quantitative estimate of drug-likeness (QED) is 0.819. The smallest absolute Gasteiger partial charge is 0.246 e. The number of carbonyl (C=O) groups is 2. The lowest BCUT2D eigenvalue weighted by Crippen LogP contribution is -2.43. The van der Waals surface area contributed by atoms with Crippen LogP contribution in [0, 0.1) is 0 Å². The second-order valence-corrected chi connectivity index (χ2v) is 7.37. The average Bonchev–Trinajstić information content (AvgIpc) is 2.32. The number of carbonyl (C=O) groups excluding carboxylic acids is 2. The zero-order chi connectivity index (χ0) is 16.0. The molecule has 1 aromatic rings. The van der Waals surface area contributed by atoms with Crippen molar-refractivity contribution < 1.29 is 18.0 Å². The van der Waals surface area contributed by atoms with Gasteiger partial charge in [0.05, 0.1) is 5.75 Å². The fraction of sp³-hybridized carbons (Fsp3) is 0.385. The van der Waals surface area contributed by atoms with Gasteiger partial charge >= 0.3 is 0 Å². The van der Waals surface area contributed by atoms with Crippen molar-refractivity contribution in [2.24, 2.45) is 0 Å². The molecule has 21 heavy (non-hydrogen) atoms. The second-order valence-electron chi connectivity index (χ2n) is 4.67. The predicted molar refractivity (Wildman–Crippen MR) is 82.0 cm³/mol. The van der Waals surface area contributed by atoms with Gasteiger partial charge < -0.3 is 10.6 Å². The van der Waals surface area contributed by atoms with Crippen molar-refractivity contribution in [3.05, 3.63) is 29.3 Å². The Balaban J connectivity index is 2.77. The van der Waals surface area contributed by atoms with Gasteiger partial charge in [-0.2, -0.15) is 0 Å². The Morgan fingerprint density at radius 3 is 2.52 bits per heavy atom. The molecule has 0 radical (unpaired) electrons. The highest BCUT2D eigenvalue weighted by molar-refractivity contribution is 7.90. The zero-order valence-corrected chi connectivity index (χ0v) is 13.3. The molecular weight excluding hydrogens is 316 g/mol. The summed E-state index contributed by atoms with van der Waals surface area (Å²) in [5.74, 6) is -1.09. The fourth-order valence-corrected chi connectivity index (χ4v) is 2.50. The third kappa shape index (κ3) is 7.10. The van der Waals surface area contributed by atoms with E-state index >= 15 is 0 Å². The monoisotopic (exact) mass is 332 g/mol. The Kier molecular flexibility index (Phi) is 6.17. The van der Waals surface area contributed by atoms with E-state index < -0.39 is 27.7 Å². The summed E-state index contributed by atoms with van der Waals surface area (Å²) >= 11 is 5.81. The number of hydrogen-bond acceptors (Lipinski definition) is 4. The summed E-state index contributed by atoms with van der Waals surface area (Å²) in [7, 11) is -3.22. The Labute approximate surface area is 128 Å². The molecule has 0 aliphatic rings. The average molecular weight is 333 g/mol. The summed E-state index contributed by atoms with van der Waals surface area (Å²) in [6.45, 7) is 1.26. The first-order chi connectivity index (χ1) is 9.67. The van der Waals surface area contributed by atoms with Crippen molar-refractivity contribution in [2.45, 2.75) is 19.4 Å². The van der Waals surface area contributed by atoms with Gasteiger partial charge in [-0.25, -0.2) is 8.42 Å². The summed E-state index contributed by atoms with van der Waals surface area (Å²) in [5.41, 5.74) is 0.474. The van der Waals surface area contributed by atoms with E-state index in [9.17, 15) is 18.0 Å². The number of halogens is 1. The van der Waals surface area contributed by atoms with Crippen molar-refractivity contribution in [3.8, 4) is 0 Å². The zero-order valence-electron chi connectivity index (χ0n) is 11.7. The van der Waals surface area contributed by atoms with E-state index in [-0.39, 0.29) is 12.2 Å². The minimum absolute atomic E-state index is 0.00477. The molecule has 0 spiro atoms. The van der Waals surface area contributed by atoms with Gasteiger partial charge in [0.25, 0.3) is 0 Å². The summed E-state index contributed by atoms with van der Waals surface area (Å²) < 4.78 is 22.4. The van der Waals surface area contributed by atoms with Gasteiger partial charge in [0.2, 0.25) is 11.8 Å². The molecule has 0 unspecified atom stereocenters. The van der Waals surface area contributed by atoms with Gasteiger partial charge in [-0.3, -0.25) is 9.59 Å². The molecule has 0 fully saturated rings. The van der Waals surface area contributed by atoms with E-state index in [2.05, 4.69) is 10.6 Å². The summed E-state index contributed by atoms with van der Waals surface area (Å²) in [4.78, 5) is 23.2. The van der Waals surface area contributed by atoms with Crippen LogP contribution in [0.25, 0.3) is 0 Å². The highest BCUT2D eigenvalue weighted by Crippen LogP contribution is 2.15. The summed E-state index contributed by atoms with van der Waals surface area (Å²) in [5, 5.41) is 5.49. The molecule has 2 N–H and O–H groups in total. The number of sulfone groups is 1. The molecule has 0 bridgehead atoms.